The summed E-state index contributed by atoms with van der Waals surface area (Å²) in [4.78, 5) is 28.2. The maximum Gasteiger partial charge on any atom is 0.272 e. The first-order valence-corrected chi connectivity index (χ1v) is 11.8. The molecule has 0 spiro atoms. The van der Waals surface area contributed by atoms with E-state index in [1.807, 2.05) is 31.2 Å². The van der Waals surface area contributed by atoms with Gasteiger partial charge >= 0.3 is 0 Å². The summed E-state index contributed by atoms with van der Waals surface area (Å²) in [7, 11) is 0. The first-order valence-electron chi connectivity index (χ1n) is 11.8. The molecule has 2 heterocycles. The number of unbranched alkanes of at least 4 members (excludes halogenated alkanes) is 1. The molecule has 8 heteroatoms. The van der Waals surface area contributed by atoms with Crippen molar-refractivity contribution in [2.24, 2.45) is 0 Å². The summed E-state index contributed by atoms with van der Waals surface area (Å²) >= 11 is 0. The van der Waals surface area contributed by atoms with Crippen LogP contribution in [0.1, 0.15) is 49.5 Å². The minimum atomic E-state index is -0.707. The zero-order valence-electron chi connectivity index (χ0n) is 19.3. The van der Waals surface area contributed by atoms with Crippen LogP contribution < -0.4 is 15.5 Å². The van der Waals surface area contributed by atoms with Gasteiger partial charge in [0.25, 0.3) is 5.91 Å². The molecule has 1 unspecified atom stereocenters. The van der Waals surface area contributed by atoms with Crippen LogP contribution in [0.3, 0.4) is 0 Å². The standard InChI is InChI=1S/C26H30FN5O2/c1-2-3-12-22(25(33)28-19-9-8-10-20(18-19)31-15-6-7-16-31)29-26(34)23-14-17-32(30-23)24-13-5-4-11-21(24)27/h4-5,8-11,13-14,17-18,22H,2-3,6-7,12,15-16H2,1H3,(H,28,33)(H,29,34). The molecule has 0 bridgehead atoms. The second-order valence-electron chi connectivity index (χ2n) is 8.50. The lowest BCUT2D eigenvalue weighted by Crippen LogP contribution is -2.44. The fourth-order valence-electron chi connectivity index (χ4n) is 4.11. The highest BCUT2D eigenvalue weighted by Crippen LogP contribution is 2.23. The molecule has 1 aliphatic heterocycles. The van der Waals surface area contributed by atoms with Crippen LogP contribution in [0, 0.1) is 5.82 Å². The number of para-hydroxylation sites is 1. The van der Waals surface area contributed by atoms with Crippen molar-refractivity contribution in [3.63, 3.8) is 0 Å². The minimum Gasteiger partial charge on any atom is -0.371 e. The van der Waals surface area contributed by atoms with Gasteiger partial charge in [0.15, 0.2) is 5.69 Å². The Balaban J connectivity index is 1.44. The topological polar surface area (TPSA) is 79.3 Å². The van der Waals surface area contributed by atoms with E-state index in [0.717, 1.165) is 31.6 Å². The van der Waals surface area contributed by atoms with E-state index in [2.05, 4.69) is 20.6 Å². The number of carbonyl (C=O) groups is 2. The number of hydrogen-bond donors (Lipinski definition) is 2. The van der Waals surface area contributed by atoms with Gasteiger partial charge in [-0.2, -0.15) is 5.10 Å². The van der Waals surface area contributed by atoms with Crippen LogP contribution in [0.25, 0.3) is 5.69 Å². The third kappa shape index (κ3) is 5.62. The maximum absolute atomic E-state index is 14.1. The lowest BCUT2D eigenvalue weighted by atomic mass is 10.1. The van der Waals surface area contributed by atoms with Gasteiger partial charge in [0, 0.05) is 30.7 Å². The van der Waals surface area contributed by atoms with Gasteiger partial charge in [-0.05, 0) is 55.7 Å². The second kappa shape index (κ2) is 11.0. The van der Waals surface area contributed by atoms with Crippen LogP contribution in [-0.2, 0) is 4.79 Å². The molecule has 2 amide bonds. The third-order valence-corrected chi connectivity index (χ3v) is 5.97. The molecule has 1 fully saturated rings. The summed E-state index contributed by atoms with van der Waals surface area (Å²) in [6, 6.07) is 14.8. The van der Waals surface area contributed by atoms with Crippen LogP contribution in [0.4, 0.5) is 15.8 Å². The molecule has 1 aromatic heterocycles. The quantitative estimate of drug-likeness (QED) is 0.488. The van der Waals surface area contributed by atoms with E-state index in [1.165, 1.54) is 35.9 Å². The zero-order chi connectivity index (χ0) is 23.9. The number of nitrogens with zero attached hydrogens (tertiary/aromatic N) is 3. The number of amides is 2. The van der Waals surface area contributed by atoms with E-state index < -0.39 is 17.8 Å². The van der Waals surface area contributed by atoms with Gasteiger partial charge in [-0.3, -0.25) is 9.59 Å². The molecule has 1 saturated heterocycles. The highest BCUT2D eigenvalue weighted by Gasteiger charge is 2.23. The molecule has 1 aliphatic rings. The Hall–Kier alpha value is -3.68. The number of benzene rings is 2. The first-order chi connectivity index (χ1) is 16.5. The summed E-state index contributed by atoms with van der Waals surface area (Å²) in [6.45, 7) is 4.07. The molecular formula is C26H30FN5O2. The molecule has 2 aromatic carbocycles. The fraction of sp³-hybridized carbons (Fsp3) is 0.346. The maximum atomic E-state index is 14.1. The van der Waals surface area contributed by atoms with Gasteiger partial charge in [0.05, 0.1) is 0 Å². The third-order valence-electron chi connectivity index (χ3n) is 5.97. The summed E-state index contributed by atoms with van der Waals surface area (Å²) in [5.74, 6) is -1.18. The van der Waals surface area contributed by atoms with E-state index in [9.17, 15) is 14.0 Å². The van der Waals surface area contributed by atoms with Crippen LogP contribution >= 0.6 is 0 Å². The van der Waals surface area contributed by atoms with Crippen LogP contribution in [-0.4, -0.2) is 40.7 Å². The number of carbonyl (C=O) groups excluding carboxylic acids is 2. The number of halogens is 1. The van der Waals surface area contributed by atoms with Gasteiger partial charge in [-0.25, -0.2) is 9.07 Å². The van der Waals surface area contributed by atoms with Crippen molar-refractivity contribution in [1.29, 1.82) is 0 Å². The van der Waals surface area contributed by atoms with Gasteiger partial charge in [-0.1, -0.05) is 38.0 Å². The van der Waals surface area contributed by atoms with Crippen molar-refractivity contribution < 1.29 is 14.0 Å². The molecule has 3 aromatic rings. The van der Waals surface area contributed by atoms with E-state index >= 15 is 0 Å². The number of nitrogens with one attached hydrogen (secondary N) is 2. The van der Waals surface area contributed by atoms with Crippen LogP contribution in [0.2, 0.25) is 0 Å². The summed E-state index contributed by atoms with van der Waals surface area (Å²) in [5, 5.41) is 9.96. The molecule has 4 rings (SSSR count). The minimum absolute atomic E-state index is 0.119. The van der Waals surface area contributed by atoms with E-state index in [1.54, 1.807) is 18.2 Å². The highest BCUT2D eigenvalue weighted by atomic mass is 19.1. The van der Waals surface area contributed by atoms with Crippen LogP contribution in [0.5, 0.6) is 0 Å². The molecule has 178 valence electrons. The number of aromatic nitrogens is 2. The van der Waals surface area contributed by atoms with Crippen molar-refractivity contribution in [2.45, 2.75) is 45.1 Å². The average molecular weight is 464 g/mol. The van der Waals surface area contributed by atoms with E-state index in [0.29, 0.717) is 12.1 Å². The van der Waals surface area contributed by atoms with Crippen LogP contribution in [0.15, 0.2) is 60.8 Å². The summed E-state index contributed by atoms with van der Waals surface area (Å²) in [6.07, 6.45) is 6.07. The van der Waals surface area contributed by atoms with Gasteiger partial charge < -0.3 is 15.5 Å². The monoisotopic (exact) mass is 463 g/mol. The normalized spacial score (nSPS) is 14.1. The molecule has 1 atom stereocenters. The molecule has 0 aliphatic carbocycles. The van der Waals surface area contributed by atoms with Crippen molar-refractivity contribution in [3.05, 3.63) is 72.3 Å². The molecule has 34 heavy (non-hydrogen) atoms. The van der Waals surface area contributed by atoms with Gasteiger partial charge in [0.2, 0.25) is 5.91 Å². The van der Waals surface area contributed by atoms with E-state index in [-0.39, 0.29) is 17.3 Å². The lowest BCUT2D eigenvalue weighted by molar-refractivity contribution is -0.118. The molecule has 2 N–H and O–H groups in total. The van der Waals surface area contributed by atoms with Gasteiger partial charge in [-0.15, -0.1) is 0 Å². The Morgan fingerprint density at radius 2 is 1.88 bits per heavy atom. The Kier molecular flexibility index (Phi) is 7.57. The fourth-order valence-corrected chi connectivity index (χ4v) is 4.11. The average Bonchev–Trinajstić information content (AvgIpc) is 3.55. The molecular weight excluding hydrogens is 433 g/mol. The molecule has 0 radical (unpaired) electrons. The highest BCUT2D eigenvalue weighted by molar-refractivity contribution is 6.00. The smallest absolute Gasteiger partial charge is 0.272 e. The van der Waals surface area contributed by atoms with E-state index in [4.69, 9.17) is 0 Å². The lowest BCUT2D eigenvalue weighted by Gasteiger charge is -2.20. The van der Waals surface area contributed by atoms with Crippen molar-refractivity contribution in [2.75, 3.05) is 23.3 Å². The largest absolute Gasteiger partial charge is 0.371 e. The Morgan fingerprint density at radius 1 is 1.09 bits per heavy atom. The predicted octanol–water partition coefficient (Wildman–Crippen LogP) is 4.54. The Labute approximate surface area is 199 Å². The molecule has 0 saturated carbocycles. The number of anilines is 2. The zero-order valence-corrected chi connectivity index (χ0v) is 19.3. The predicted molar refractivity (Wildman–Crippen MR) is 131 cm³/mol. The van der Waals surface area contributed by atoms with Crippen molar-refractivity contribution >= 4 is 23.2 Å². The van der Waals surface area contributed by atoms with Crippen molar-refractivity contribution in [3.8, 4) is 5.69 Å². The number of rotatable bonds is 9. The second-order valence-corrected chi connectivity index (χ2v) is 8.50. The van der Waals surface area contributed by atoms with Gasteiger partial charge in [0.1, 0.15) is 17.5 Å². The summed E-state index contributed by atoms with van der Waals surface area (Å²) in [5.41, 5.74) is 2.16. The molecule has 7 nitrogen and oxygen atoms in total. The Bertz CT molecular complexity index is 1140. The SMILES string of the molecule is CCCCC(NC(=O)c1ccn(-c2ccccc2F)n1)C(=O)Nc1cccc(N2CCCC2)c1. The summed E-state index contributed by atoms with van der Waals surface area (Å²) < 4.78 is 15.4. The Morgan fingerprint density at radius 3 is 2.65 bits per heavy atom. The van der Waals surface area contributed by atoms with Crippen molar-refractivity contribution in [1.82, 2.24) is 15.1 Å². The number of hydrogen-bond acceptors (Lipinski definition) is 4. The first kappa shape index (κ1) is 23.5.